The van der Waals surface area contributed by atoms with Gasteiger partial charge in [-0.3, -0.25) is 4.40 Å². The van der Waals surface area contributed by atoms with Crippen LogP contribution in [0.5, 0.6) is 0 Å². The summed E-state index contributed by atoms with van der Waals surface area (Å²) in [6, 6.07) is 10.5. The third-order valence-corrected chi connectivity index (χ3v) is 3.54. The molecule has 3 aromatic heterocycles. The minimum absolute atomic E-state index is 1.00. The molecule has 1 aromatic carbocycles. The van der Waals surface area contributed by atoms with E-state index < -0.39 is 0 Å². The van der Waals surface area contributed by atoms with Crippen LogP contribution in [0.1, 0.15) is 11.1 Å². The Morgan fingerprint density at radius 2 is 2.06 bits per heavy atom. The Hall–Kier alpha value is -2.29. The molecule has 4 aromatic rings. The SMILES string of the molecule is Cc1ccn2c(c1)nc1c3c(C)cccc3[nH]c12. The lowest BCUT2D eigenvalue weighted by Crippen LogP contribution is -1.85. The van der Waals surface area contributed by atoms with Crippen LogP contribution in [0, 0.1) is 13.8 Å². The smallest absolute Gasteiger partial charge is 0.143 e. The van der Waals surface area contributed by atoms with E-state index in [2.05, 4.69) is 59.8 Å². The zero-order chi connectivity index (χ0) is 12.3. The third kappa shape index (κ3) is 1.11. The fourth-order valence-corrected chi connectivity index (χ4v) is 2.65. The summed E-state index contributed by atoms with van der Waals surface area (Å²) in [4.78, 5) is 8.22. The predicted molar refractivity (Wildman–Crippen MR) is 74.0 cm³/mol. The molecule has 0 spiro atoms. The molecule has 1 N–H and O–H groups in total. The number of aromatic nitrogens is 3. The van der Waals surface area contributed by atoms with Crippen molar-refractivity contribution in [2.45, 2.75) is 13.8 Å². The number of fused-ring (bicyclic) bond motifs is 5. The van der Waals surface area contributed by atoms with Gasteiger partial charge in [0.25, 0.3) is 0 Å². The van der Waals surface area contributed by atoms with Crippen molar-refractivity contribution >= 4 is 27.7 Å². The fraction of sp³-hybridized carbons (Fsp3) is 0.133. The van der Waals surface area contributed by atoms with E-state index in [1.54, 1.807) is 0 Å². The normalized spacial score (nSPS) is 11.9. The number of rotatable bonds is 0. The van der Waals surface area contributed by atoms with Crippen molar-refractivity contribution in [3.8, 4) is 0 Å². The molecule has 0 fully saturated rings. The molecule has 0 atom stereocenters. The number of aromatic amines is 1. The Labute approximate surface area is 104 Å². The fourth-order valence-electron chi connectivity index (χ4n) is 2.65. The minimum atomic E-state index is 1.00. The van der Waals surface area contributed by atoms with E-state index in [1.807, 2.05) is 0 Å². The van der Waals surface area contributed by atoms with Gasteiger partial charge in [-0.05, 0) is 43.2 Å². The van der Waals surface area contributed by atoms with Crippen molar-refractivity contribution in [2.75, 3.05) is 0 Å². The van der Waals surface area contributed by atoms with Gasteiger partial charge >= 0.3 is 0 Å². The van der Waals surface area contributed by atoms with E-state index in [9.17, 15) is 0 Å². The molecule has 0 aliphatic heterocycles. The van der Waals surface area contributed by atoms with Crippen molar-refractivity contribution in [1.82, 2.24) is 14.4 Å². The zero-order valence-electron chi connectivity index (χ0n) is 10.4. The molecular weight excluding hydrogens is 222 g/mol. The molecule has 3 nitrogen and oxygen atoms in total. The molecule has 3 heterocycles. The highest BCUT2D eigenvalue weighted by molar-refractivity contribution is 6.06. The van der Waals surface area contributed by atoms with Crippen molar-refractivity contribution in [1.29, 1.82) is 0 Å². The highest BCUT2D eigenvalue weighted by Gasteiger charge is 2.12. The van der Waals surface area contributed by atoms with Gasteiger partial charge in [-0.2, -0.15) is 0 Å². The molecular formula is C15H13N3. The number of hydrogen-bond donors (Lipinski definition) is 1. The molecule has 0 bridgehead atoms. The largest absolute Gasteiger partial charge is 0.339 e. The Morgan fingerprint density at radius 3 is 2.94 bits per heavy atom. The van der Waals surface area contributed by atoms with E-state index in [1.165, 1.54) is 16.5 Å². The number of pyridine rings is 1. The minimum Gasteiger partial charge on any atom is -0.339 e. The van der Waals surface area contributed by atoms with E-state index in [-0.39, 0.29) is 0 Å². The summed E-state index contributed by atoms with van der Waals surface area (Å²) in [6.45, 7) is 4.22. The number of hydrogen-bond acceptors (Lipinski definition) is 1. The lowest BCUT2D eigenvalue weighted by Gasteiger charge is -1.96. The molecule has 0 saturated carbocycles. The molecule has 0 aliphatic rings. The van der Waals surface area contributed by atoms with Crippen LogP contribution in [0.4, 0.5) is 0 Å². The van der Waals surface area contributed by atoms with Crippen molar-refractivity contribution in [3.05, 3.63) is 47.7 Å². The van der Waals surface area contributed by atoms with E-state index >= 15 is 0 Å². The summed E-state index contributed by atoms with van der Waals surface area (Å²) in [5.41, 5.74) is 6.79. The number of benzene rings is 1. The van der Waals surface area contributed by atoms with Crippen LogP contribution in [-0.4, -0.2) is 14.4 Å². The van der Waals surface area contributed by atoms with Gasteiger partial charge in [0.05, 0.1) is 0 Å². The molecule has 0 saturated heterocycles. The average Bonchev–Trinajstić information content (AvgIpc) is 2.84. The Morgan fingerprint density at radius 1 is 1.17 bits per heavy atom. The van der Waals surface area contributed by atoms with Crippen molar-refractivity contribution in [2.24, 2.45) is 0 Å². The lowest BCUT2D eigenvalue weighted by molar-refractivity contribution is 1.18. The quantitative estimate of drug-likeness (QED) is 0.496. The Balaban J connectivity index is 2.29. The number of H-pyrrole nitrogens is 1. The Kier molecular flexibility index (Phi) is 1.69. The van der Waals surface area contributed by atoms with Gasteiger partial charge < -0.3 is 4.98 Å². The van der Waals surface area contributed by atoms with Gasteiger partial charge in [0.2, 0.25) is 0 Å². The maximum atomic E-state index is 4.76. The summed E-state index contributed by atoms with van der Waals surface area (Å²) in [6.07, 6.45) is 2.07. The molecule has 0 aliphatic carbocycles. The third-order valence-electron chi connectivity index (χ3n) is 3.54. The van der Waals surface area contributed by atoms with Crippen LogP contribution in [0.15, 0.2) is 36.5 Å². The molecule has 0 unspecified atom stereocenters. The second-order valence-corrected chi connectivity index (χ2v) is 4.86. The van der Waals surface area contributed by atoms with E-state index in [0.29, 0.717) is 0 Å². The summed E-state index contributed by atoms with van der Waals surface area (Å²) in [5, 5.41) is 1.23. The summed E-state index contributed by atoms with van der Waals surface area (Å²) in [7, 11) is 0. The highest BCUT2D eigenvalue weighted by Crippen LogP contribution is 2.28. The van der Waals surface area contributed by atoms with Gasteiger partial charge in [-0.15, -0.1) is 0 Å². The second kappa shape index (κ2) is 3.13. The monoisotopic (exact) mass is 235 g/mol. The van der Waals surface area contributed by atoms with Gasteiger partial charge in [0.15, 0.2) is 0 Å². The Bertz CT molecular complexity index is 896. The predicted octanol–water partition coefficient (Wildman–Crippen LogP) is 3.59. The molecule has 0 radical (unpaired) electrons. The number of nitrogens with zero attached hydrogens (tertiary/aromatic N) is 2. The van der Waals surface area contributed by atoms with Crippen molar-refractivity contribution < 1.29 is 0 Å². The maximum absolute atomic E-state index is 4.76. The van der Waals surface area contributed by atoms with Gasteiger partial charge in [-0.1, -0.05) is 12.1 Å². The van der Waals surface area contributed by atoms with Crippen LogP contribution >= 0.6 is 0 Å². The van der Waals surface area contributed by atoms with Crippen LogP contribution in [0.25, 0.3) is 27.7 Å². The second-order valence-electron chi connectivity index (χ2n) is 4.86. The maximum Gasteiger partial charge on any atom is 0.143 e. The first-order valence-corrected chi connectivity index (χ1v) is 6.10. The van der Waals surface area contributed by atoms with E-state index in [4.69, 9.17) is 4.98 Å². The highest BCUT2D eigenvalue weighted by atomic mass is 15.1. The molecule has 3 heteroatoms. The zero-order valence-corrected chi connectivity index (χ0v) is 10.4. The van der Waals surface area contributed by atoms with Gasteiger partial charge in [-0.25, -0.2) is 4.98 Å². The first-order chi connectivity index (χ1) is 8.74. The van der Waals surface area contributed by atoms with Crippen LogP contribution in [-0.2, 0) is 0 Å². The molecule has 88 valence electrons. The van der Waals surface area contributed by atoms with Crippen LogP contribution in [0.2, 0.25) is 0 Å². The molecule has 4 rings (SSSR count). The topological polar surface area (TPSA) is 33.1 Å². The van der Waals surface area contributed by atoms with Gasteiger partial charge in [0, 0.05) is 17.1 Å². The van der Waals surface area contributed by atoms with Crippen LogP contribution < -0.4 is 0 Å². The summed E-state index contributed by atoms with van der Waals surface area (Å²) < 4.78 is 2.11. The number of imidazole rings is 1. The summed E-state index contributed by atoms with van der Waals surface area (Å²) in [5.74, 6) is 0. The summed E-state index contributed by atoms with van der Waals surface area (Å²) >= 11 is 0. The lowest BCUT2D eigenvalue weighted by atomic mass is 10.1. The van der Waals surface area contributed by atoms with E-state index in [0.717, 1.165) is 22.3 Å². The number of nitrogens with one attached hydrogen (secondary N) is 1. The molecule has 0 amide bonds. The van der Waals surface area contributed by atoms with Crippen molar-refractivity contribution in [3.63, 3.8) is 0 Å². The average molecular weight is 235 g/mol. The first-order valence-electron chi connectivity index (χ1n) is 6.10. The molecule has 18 heavy (non-hydrogen) atoms. The van der Waals surface area contributed by atoms with Crippen LogP contribution in [0.3, 0.4) is 0 Å². The first kappa shape index (κ1) is 9.71. The van der Waals surface area contributed by atoms with Gasteiger partial charge in [0.1, 0.15) is 16.8 Å². The number of aryl methyl sites for hydroxylation is 2. The standard InChI is InChI=1S/C15H13N3/c1-9-6-7-18-12(8-9)17-14-13-10(2)4-3-5-11(13)16-15(14)18/h3-8,16H,1-2H3.